The zero-order chi connectivity index (χ0) is 9.14. The van der Waals surface area contributed by atoms with Gasteiger partial charge < -0.3 is 10.1 Å². The second-order valence-corrected chi connectivity index (χ2v) is 2.39. The summed E-state index contributed by atoms with van der Waals surface area (Å²) < 4.78 is 0. The summed E-state index contributed by atoms with van der Waals surface area (Å²) in [4.78, 5) is 23.7. The van der Waals surface area contributed by atoms with Gasteiger partial charge in [0, 0.05) is 5.56 Å². The minimum atomic E-state index is -1.12. The summed E-state index contributed by atoms with van der Waals surface area (Å²) in [6.07, 6.45) is 0.606. The Morgan fingerprint density at radius 1 is 1.58 bits per heavy atom. The fourth-order valence-corrected chi connectivity index (χ4v) is 0.907. The number of aryl methyl sites for hydroxylation is 1. The van der Waals surface area contributed by atoms with Crippen LogP contribution in [-0.4, -0.2) is 16.1 Å². The first-order valence-electron chi connectivity index (χ1n) is 3.60. The van der Waals surface area contributed by atoms with Crippen molar-refractivity contribution in [3.8, 4) is 0 Å². The van der Waals surface area contributed by atoms with Crippen LogP contribution in [0.15, 0.2) is 16.9 Å². The molecule has 1 rings (SSSR count). The predicted octanol–water partition coefficient (Wildman–Crippen LogP) is 0.635. The normalized spacial score (nSPS) is 9.75. The van der Waals surface area contributed by atoms with Crippen molar-refractivity contribution in [3.05, 3.63) is 33.7 Å². The number of carboxylic acids is 1. The lowest BCUT2D eigenvalue weighted by molar-refractivity contribution is 0.0690. The Labute approximate surface area is 68.9 Å². The summed E-state index contributed by atoms with van der Waals surface area (Å²) in [7, 11) is 0. The number of H-pyrrole nitrogens is 1. The summed E-state index contributed by atoms with van der Waals surface area (Å²) in [6.45, 7) is 1.84. The average Bonchev–Trinajstić information content (AvgIpc) is 2.04. The molecule has 1 heterocycles. The maximum atomic E-state index is 11.1. The number of aromatic carboxylic acids is 1. The molecule has 4 heteroatoms. The van der Waals surface area contributed by atoms with Gasteiger partial charge in [-0.15, -0.1) is 0 Å². The van der Waals surface area contributed by atoms with Crippen LogP contribution in [0.4, 0.5) is 0 Å². The average molecular weight is 167 g/mol. The molecule has 4 nitrogen and oxygen atoms in total. The van der Waals surface area contributed by atoms with Gasteiger partial charge in [0.1, 0.15) is 5.69 Å². The lowest BCUT2D eigenvalue weighted by Gasteiger charge is -1.96. The summed E-state index contributed by atoms with van der Waals surface area (Å²) in [5.74, 6) is -1.12. The molecule has 1 aromatic heterocycles. The Bertz CT molecular complexity index is 354. The molecule has 64 valence electrons. The third-order valence-electron chi connectivity index (χ3n) is 1.60. The van der Waals surface area contributed by atoms with E-state index in [0.717, 1.165) is 0 Å². The van der Waals surface area contributed by atoms with Crippen LogP contribution < -0.4 is 5.56 Å². The second-order valence-electron chi connectivity index (χ2n) is 2.39. The van der Waals surface area contributed by atoms with E-state index in [4.69, 9.17) is 5.11 Å². The number of nitrogens with one attached hydrogen (secondary N) is 1. The number of carbonyl (C=O) groups is 1. The second kappa shape index (κ2) is 3.21. The lowest BCUT2D eigenvalue weighted by atomic mass is 10.2. The summed E-state index contributed by atoms with van der Waals surface area (Å²) in [5, 5.41) is 8.50. The van der Waals surface area contributed by atoms with Gasteiger partial charge in [0.2, 0.25) is 0 Å². The van der Waals surface area contributed by atoms with E-state index in [-0.39, 0.29) is 11.3 Å². The number of carboxylic acid groups (broad SMARTS) is 1. The topological polar surface area (TPSA) is 70.2 Å². The van der Waals surface area contributed by atoms with Crippen LogP contribution in [0.5, 0.6) is 0 Å². The SMILES string of the molecule is CCc1ccc(C(=O)O)[nH]c1=O. The van der Waals surface area contributed by atoms with Crippen LogP contribution >= 0.6 is 0 Å². The highest BCUT2D eigenvalue weighted by atomic mass is 16.4. The molecular formula is C8H9NO3. The molecule has 0 amide bonds. The van der Waals surface area contributed by atoms with Crippen molar-refractivity contribution < 1.29 is 9.90 Å². The zero-order valence-electron chi connectivity index (χ0n) is 6.63. The van der Waals surface area contributed by atoms with E-state index in [0.29, 0.717) is 12.0 Å². The van der Waals surface area contributed by atoms with Crippen molar-refractivity contribution in [3.63, 3.8) is 0 Å². The van der Waals surface area contributed by atoms with E-state index in [2.05, 4.69) is 4.98 Å². The molecule has 1 aromatic rings. The third-order valence-corrected chi connectivity index (χ3v) is 1.60. The lowest BCUT2D eigenvalue weighted by Crippen LogP contribution is -2.15. The Kier molecular flexibility index (Phi) is 2.28. The molecule has 0 saturated heterocycles. The zero-order valence-corrected chi connectivity index (χ0v) is 6.63. The van der Waals surface area contributed by atoms with Crippen molar-refractivity contribution >= 4 is 5.97 Å². The van der Waals surface area contributed by atoms with Crippen molar-refractivity contribution in [2.24, 2.45) is 0 Å². The fraction of sp³-hybridized carbons (Fsp3) is 0.250. The summed E-state index contributed by atoms with van der Waals surface area (Å²) >= 11 is 0. The van der Waals surface area contributed by atoms with Crippen molar-refractivity contribution in [2.45, 2.75) is 13.3 Å². The Morgan fingerprint density at radius 2 is 2.25 bits per heavy atom. The third kappa shape index (κ3) is 1.53. The number of rotatable bonds is 2. The van der Waals surface area contributed by atoms with E-state index in [9.17, 15) is 9.59 Å². The number of aromatic amines is 1. The molecule has 0 unspecified atom stereocenters. The molecule has 0 aliphatic heterocycles. The van der Waals surface area contributed by atoms with Crippen LogP contribution in [0, 0.1) is 0 Å². The molecule has 0 aliphatic rings. The summed E-state index contributed by atoms with van der Waals surface area (Å²) in [6, 6.07) is 2.92. The smallest absolute Gasteiger partial charge is 0.352 e. The van der Waals surface area contributed by atoms with Crippen LogP contribution in [0.25, 0.3) is 0 Å². The van der Waals surface area contributed by atoms with Crippen molar-refractivity contribution in [2.75, 3.05) is 0 Å². The van der Waals surface area contributed by atoms with Gasteiger partial charge in [-0.05, 0) is 12.5 Å². The highest BCUT2D eigenvalue weighted by molar-refractivity contribution is 5.85. The van der Waals surface area contributed by atoms with Gasteiger partial charge in [-0.1, -0.05) is 13.0 Å². The molecule has 0 bridgehead atoms. The Hall–Kier alpha value is -1.58. The van der Waals surface area contributed by atoms with Crippen LogP contribution in [0.1, 0.15) is 23.0 Å². The Balaban J connectivity index is 3.19. The number of pyridine rings is 1. The highest BCUT2D eigenvalue weighted by Gasteiger charge is 2.04. The van der Waals surface area contributed by atoms with E-state index in [1.807, 2.05) is 6.92 Å². The molecule has 0 aliphatic carbocycles. The quantitative estimate of drug-likeness (QED) is 0.678. The van der Waals surface area contributed by atoms with Crippen LogP contribution in [0.3, 0.4) is 0 Å². The molecule has 12 heavy (non-hydrogen) atoms. The molecular weight excluding hydrogens is 158 g/mol. The van der Waals surface area contributed by atoms with Gasteiger partial charge >= 0.3 is 5.97 Å². The minimum absolute atomic E-state index is 0.0720. The number of hydrogen-bond donors (Lipinski definition) is 2. The first-order valence-corrected chi connectivity index (χ1v) is 3.60. The first-order chi connectivity index (χ1) is 5.65. The van der Waals surface area contributed by atoms with Crippen LogP contribution in [0.2, 0.25) is 0 Å². The van der Waals surface area contributed by atoms with E-state index in [1.54, 1.807) is 0 Å². The predicted molar refractivity (Wildman–Crippen MR) is 43.4 cm³/mol. The van der Waals surface area contributed by atoms with E-state index in [1.165, 1.54) is 12.1 Å². The van der Waals surface area contributed by atoms with Gasteiger partial charge in [-0.3, -0.25) is 4.79 Å². The first kappa shape index (κ1) is 8.52. The van der Waals surface area contributed by atoms with Crippen LogP contribution in [-0.2, 0) is 6.42 Å². The van der Waals surface area contributed by atoms with Gasteiger partial charge in [-0.2, -0.15) is 0 Å². The number of aromatic nitrogens is 1. The molecule has 0 spiro atoms. The monoisotopic (exact) mass is 167 g/mol. The highest BCUT2D eigenvalue weighted by Crippen LogP contribution is 1.95. The van der Waals surface area contributed by atoms with Gasteiger partial charge in [0.15, 0.2) is 0 Å². The number of hydrogen-bond acceptors (Lipinski definition) is 2. The standard InChI is InChI=1S/C8H9NO3/c1-2-5-3-4-6(8(11)12)9-7(5)10/h3-4H,2H2,1H3,(H,9,10)(H,11,12). The molecule has 0 fully saturated rings. The van der Waals surface area contributed by atoms with Crippen molar-refractivity contribution in [1.82, 2.24) is 4.98 Å². The van der Waals surface area contributed by atoms with Gasteiger partial charge in [0.05, 0.1) is 0 Å². The molecule has 0 radical (unpaired) electrons. The van der Waals surface area contributed by atoms with Gasteiger partial charge in [-0.25, -0.2) is 4.79 Å². The maximum absolute atomic E-state index is 11.1. The summed E-state index contributed by atoms with van der Waals surface area (Å²) in [5.41, 5.74) is 0.203. The van der Waals surface area contributed by atoms with E-state index < -0.39 is 5.97 Å². The molecule has 2 N–H and O–H groups in total. The van der Waals surface area contributed by atoms with E-state index >= 15 is 0 Å². The Morgan fingerprint density at radius 3 is 2.67 bits per heavy atom. The maximum Gasteiger partial charge on any atom is 0.352 e. The fourth-order valence-electron chi connectivity index (χ4n) is 0.907. The molecule has 0 saturated carbocycles. The molecule has 0 aromatic carbocycles. The largest absolute Gasteiger partial charge is 0.477 e. The minimum Gasteiger partial charge on any atom is -0.477 e. The van der Waals surface area contributed by atoms with Gasteiger partial charge in [0.25, 0.3) is 5.56 Å². The molecule has 0 atom stereocenters. The van der Waals surface area contributed by atoms with Crippen molar-refractivity contribution in [1.29, 1.82) is 0 Å².